The summed E-state index contributed by atoms with van der Waals surface area (Å²) in [5, 5.41) is 4.95. The Kier molecular flexibility index (Phi) is 4.42. The summed E-state index contributed by atoms with van der Waals surface area (Å²) in [4.78, 5) is 14.9. The first-order valence-corrected chi connectivity index (χ1v) is 7.19. The molecule has 0 bridgehead atoms. The predicted molar refractivity (Wildman–Crippen MR) is 71.2 cm³/mol. The highest BCUT2D eigenvalue weighted by Gasteiger charge is 2.23. The number of thiophene rings is 1. The van der Waals surface area contributed by atoms with Crippen LogP contribution in [0.25, 0.3) is 0 Å². The standard InChI is InChI=1S/C11H15BrN2O2S/c1-8-6-16-3-2-14(8)11(15)13-5-10-4-9(12)7-17-10/h4,7-8H,2-3,5-6H2,1H3,(H,13,15)/t8-/m0/s1. The summed E-state index contributed by atoms with van der Waals surface area (Å²) in [6.07, 6.45) is 0. The number of hydrogen-bond acceptors (Lipinski definition) is 3. The van der Waals surface area contributed by atoms with E-state index in [0.717, 1.165) is 9.35 Å². The number of hydrogen-bond donors (Lipinski definition) is 1. The van der Waals surface area contributed by atoms with Gasteiger partial charge in [0.2, 0.25) is 0 Å². The molecule has 1 aromatic heterocycles. The monoisotopic (exact) mass is 318 g/mol. The van der Waals surface area contributed by atoms with E-state index in [-0.39, 0.29) is 12.1 Å². The van der Waals surface area contributed by atoms with Crippen LogP contribution in [0.2, 0.25) is 0 Å². The first kappa shape index (κ1) is 12.9. The van der Waals surface area contributed by atoms with Crippen molar-refractivity contribution < 1.29 is 9.53 Å². The van der Waals surface area contributed by atoms with Gasteiger partial charge in [-0.1, -0.05) is 0 Å². The minimum atomic E-state index is -0.00896. The van der Waals surface area contributed by atoms with Crippen LogP contribution >= 0.6 is 27.3 Å². The second-order valence-electron chi connectivity index (χ2n) is 4.01. The Labute approximate surface area is 113 Å². The summed E-state index contributed by atoms with van der Waals surface area (Å²) in [5.74, 6) is 0. The highest BCUT2D eigenvalue weighted by Crippen LogP contribution is 2.19. The molecule has 0 saturated carbocycles. The van der Waals surface area contributed by atoms with Gasteiger partial charge in [-0.05, 0) is 28.9 Å². The fourth-order valence-electron chi connectivity index (χ4n) is 1.74. The Morgan fingerprint density at radius 1 is 1.76 bits per heavy atom. The van der Waals surface area contributed by atoms with E-state index in [1.54, 1.807) is 11.3 Å². The molecule has 1 aliphatic heterocycles. The fraction of sp³-hybridized carbons (Fsp3) is 0.545. The first-order chi connectivity index (χ1) is 8.16. The van der Waals surface area contributed by atoms with Gasteiger partial charge in [0, 0.05) is 21.3 Å². The van der Waals surface area contributed by atoms with Gasteiger partial charge in [0.25, 0.3) is 0 Å². The zero-order valence-corrected chi connectivity index (χ0v) is 12.0. The molecule has 1 fully saturated rings. The van der Waals surface area contributed by atoms with E-state index in [1.165, 1.54) is 0 Å². The molecule has 1 aromatic rings. The lowest BCUT2D eigenvalue weighted by atomic mass is 10.3. The Balaban J connectivity index is 1.84. The number of urea groups is 1. The Hall–Kier alpha value is -0.590. The largest absolute Gasteiger partial charge is 0.377 e. The molecule has 0 unspecified atom stereocenters. The van der Waals surface area contributed by atoms with Crippen LogP contribution in [-0.4, -0.2) is 36.7 Å². The molecule has 2 heterocycles. The molecule has 0 spiro atoms. The number of carbonyl (C=O) groups excluding carboxylic acids is 1. The van der Waals surface area contributed by atoms with Crippen LogP contribution in [0.5, 0.6) is 0 Å². The molecule has 94 valence electrons. The minimum absolute atomic E-state index is 0.00896. The lowest BCUT2D eigenvalue weighted by molar-refractivity contribution is 0.0190. The summed E-state index contributed by atoms with van der Waals surface area (Å²) >= 11 is 5.03. The van der Waals surface area contributed by atoms with Crippen molar-refractivity contribution >= 4 is 33.3 Å². The third kappa shape index (κ3) is 3.43. The second kappa shape index (κ2) is 5.84. The van der Waals surface area contributed by atoms with E-state index in [2.05, 4.69) is 21.2 Å². The topological polar surface area (TPSA) is 41.6 Å². The average Bonchev–Trinajstić information content (AvgIpc) is 2.73. The number of nitrogens with zero attached hydrogens (tertiary/aromatic N) is 1. The van der Waals surface area contributed by atoms with E-state index >= 15 is 0 Å². The fourth-order valence-corrected chi connectivity index (χ4v) is 3.13. The van der Waals surface area contributed by atoms with E-state index in [1.807, 2.05) is 23.3 Å². The van der Waals surface area contributed by atoms with Gasteiger partial charge in [-0.25, -0.2) is 4.79 Å². The molecule has 1 aliphatic rings. The highest BCUT2D eigenvalue weighted by molar-refractivity contribution is 9.10. The summed E-state index contributed by atoms with van der Waals surface area (Å²) < 4.78 is 6.36. The molecule has 1 atom stereocenters. The number of nitrogens with one attached hydrogen (secondary N) is 1. The van der Waals surface area contributed by atoms with Crippen molar-refractivity contribution in [2.24, 2.45) is 0 Å². The van der Waals surface area contributed by atoms with Crippen LogP contribution < -0.4 is 5.32 Å². The predicted octanol–water partition coefficient (Wildman–Crippen LogP) is 2.44. The maximum Gasteiger partial charge on any atom is 0.318 e. The van der Waals surface area contributed by atoms with Crippen LogP contribution in [-0.2, 0) is 11.3 Å². The quantitative estimate of drug-likeness (QED) is 0.910. The van der Waals surface area contributed by atoms with Gasteiger partial charge in [0.1, 0.15) is 0 Å². The summed E-state index contributed by atoms with van der Waals surface area (Å²) in [6, 6.07) is 2.16. The molecule has 2 amide bonds. The van der Waals surface area contributed by atoms with E-state index < -0.39 is 0 Å². The molecule has 0 aromatic carbocycles. The number of amides is 2. The van der Waals surface area contributed by atoms with Crippen LogP contribution in [0.15, 0.2) is 15.9 Å². The molecule has 2 rings (SSSR count). The number of halogens is 1. The van der Waals surface area contributed by atoms with Crippen molar-refractivity contribution in [3.8, 4) is 0 Å². The zero-order valence-electron chi connectivity index (χ0n) is 9.61. The maximum absolute atomic E-state index is 11.9. The van der Waals surface area contributed by atoms with Gasteiger partial charge >= 0.3 is 6.03 Å². The average molecular weight is 319 g/mol. The lowest BCUT2D eigenvalue weighted by Crippen LogP contribution is -2.51. The van der Waals surface area contributed by atoms with Gasteiger partial charge in [-0.2, -0.15) is 0 Å². The van der Waals surface area contributed by atoms with Crippen molar-refractivity contribution in [1.82, 2.24) is 10.2 Å². The van der Waals surface area contributed by atoms with Gasteiger partial charge in [-0.3, -0.25) is 0 Å². The van der Waals surface area contributed by atoms with E-state index in [9.17, 15) is 4.79 Å². The molecule has 6 heteroatoms. The van der Waals surface area contributed by atoms with Crippen LogP contribution in [0, 0.1) is 0 Å². The number of ether oxygens (including phenoxy) is 1. The van der Waals surface area contributed by atoms with Gasteiger partial charge in [-0.15, -0.1) is 11.3 Å². The molecule has 0 aliphatic carbocycles. The molecular weight excluding hydrogens is 304 g/mol. The SMILES string of the molecule is C[C@H]1COCCN1C(=O)NCc1cc(Br)cs1. The van der Waals surface area contributed by atoms with Gasteiger partial charge in [0.15, 0.2) is 0 Å². The second-order valence-corrected chi connectivity index (χ2v) is 5.92. The molecule has 0 radical (unpaired) electrons. The van der Waals surface area contributed by atoms with Crippen LogP contribution in [0.4, 0.5) is 4.79 Å². The van der Waals surface area contributed by atoms with Crippen molar-refractivity contribution in [3.05, 3.63) is 20.8 Å². The normalized spacial score (nSPS) is 20.4. The summed E-state index contributed by atoms with van der Waals surface area (Å²) in [5.41, 5.74) is 0. The van der Waals surface area contributed by atoms with Crippen molar-refractivity contribution in [2.75, 3.05) is 19.8 Å². The van der Waals surface area contributed by atoms with E-state index in [4.69, 9.17) is 4.74 Å². The third-order valence-corrected chi connectivity index (χ3v) is 4.36. The Bertz CT molecular complexity index is 397. The molecule has 17 heavy (non-hydrogen) atoms. The van der Waals surface area contributed by atoms with Gasteiger partial charge < -0.3 is 15.0 Å². The molecule has 1 saturated heterocycles. The van der Waals surface area contributed by atoms with Crippen LogP contribution in [0.1, 0.15) is 11.8 Å². The molecular formula is C11H15BrN2O2S. The van der Waals surface area contributed by atoms with Crippen molar-refractivity contribution in [1.29, 1.82) is 0 Å². The third-order valence-electron chi connectivity index (χ3n) is 2.66. The zero-order chi connectivity index (χ0) is 12.3. The maximum atomic E-state index is 11.9. The number of carbonyl (C=O) groups is 1. The smallest absolute Gasteiger partial charge is 0.318 e. The first-order valence-electron chi connectivity index (χ1n) is 5.52. The number of morpholine rings is 1. The molecule has 1 N–H and O–H groups in total. The van der Waals surface area contributed by atoms with Crippen LogP contribution in [0.3, 0.4) is 0 Å². The molecule has 4 nitrogen and oxygen atoms in total. The van der Waals surface area contributed by atoms with E-state index in [0.29, 0.717) is 26.3 Å². The summed E-state index contributed by atoms with van der Waals surface area (Å²) in [7, 11) is 0. The van der Waals surface area contributed by atoms with Crippen molar-refractivity contribution in [2.45, 2.75) is 19.5 Å². The Morgan fingerprint density at radius 3 is 3.24 bits per heavy atom. The van der Waals surface area contributed by atoms with Crippen molar-refractivity contribution in [3.63, 3.8) is 0 Å². The number of rotatable bonds is 2. The van der Waals surface area contributed by atoms with Gasteiger partial charge in [0.05, 0.1) is 25.8 Å². The Morgan fingerprint density at radius 2 is 2.59 bits per heavy atom. The minimum Gasteiger partial charge on any atom is -0.377 e. The lowest BCUT2D eigenvalue weighted by Gasteiger charge is -2.33. The summed E-state index contributed by atoms with van der Waals surface area (Å²) in [6.45, 7) is 4.50. The highest BCUT2D eigenvalue weighted by atomic mass is 79.9.